The maximum absolute atomic E-state index is 6.00. The van der Waals surface area contributed by atoms with Crippen molar-refractivity contribution in [1.82, 2.24) is 10.1 Å². The second kappa shape index (κ2) is 4.72. The van der Waals surface area contributed by atoms with E-state index >= 15 is 0 Å². The van der Waals surface area contributed by atoms with E-state index in [-0.39, 0.29) is 0 Å². The zero-order valence-electron chi connectivity index (χ0n) is 9.90. The first kappa shape index (κ1) is 11.7. The molecule has 2 aromatic rings. The Hall–Kier alpha value is -1.36. The van der Waals surface area contributed by atoms with Gasteiger partial charge in [-0.2, -0.15) is 4.98 Å². The molecule has 5 heteroatoms. The smallest absolute Gasteiger partial charge is 0.260 e. The molecule has 1 aromatic carbocycles. The lowest BCUT2D eigenvalue weighted by molar-refractivity contribution is 0.416. The topological polar surface area (TPSA) is 64.9 Å². The van der Waals surface area contributed by atoms with E-state index < -0.39 is 0 Å². The molecule has 1 aromatic heterocycles. The van der Waals surface area contributed by atoms with Crippen LogP contribution >= 0.6 is 15.9 Å². The molecule has 0 atom stereocenters. The van der Waals surface area contributed by atoms with Gasteiger partial charge in [0, 0.05) is 10.4 Å². The molecule has 0 spiro atoms. The quantitative estimate of drug-likeness (QED) is 0.858. The van der Waals surface area contributed by atoms with Gasteiger partial charge in [-0.05, 0) is 40.9 Å². The van der Waals surface area contributed by atoms with Crippen molar-refractivity contribution in [3.63, 3.8) is 0 Å². The van der Waals surface area contributed by atoms with E-state index in [4.69, 9.17) is 10.3 Å². The van der Waals surface area contributed by atoms with Gasteiger partial charge in [-0.25, -0.2) is 0 Å². The molecule has 1 fully saturated rings. The van der Waals surface area contributed by atoms with Crippen LogP contribution < -0.4 is 5.73 Å². The highest BCUT2D eigenvalue weighted by atomic mass is 79.9. The van der Waals surface area contributed by atoms with Crippen LogP contribution in [-0.4, -0.2) is 10.1 Å². The Labute approximate surface area is 114 Å². The molecule has 18 heavy (non-hydrogen) atoms. The molecule has 3 rings (SSSR count). The van der Waals surface area contributed by atoms with Crippen LogP contribution in [-0.2, 0) is 0 Å². The summed E-state index contributed by atoms with van der Waals surface area (Å²) in [6.45, 7) is 0. The molecule has 1 aliphatic rings. The summed E-state index contributed by atoms with van der Waals surface area (Å²) in [4.78, 5) is 4.49. The monoisotopic (exact) mass is 307 g/mol. The Morgan fingerprint density at radius 2 is 2.06 bits per heavy atom. The van der Waals surface area contributed by atoms with Crippen LogP contribution in [0.25, 0.3) is 11.5 Å². The van der Waals surface area contributed by atoms with Crippen molar-refractivity contribution in [1.29, 1.82) is 0 Å². The van der Waals surface area contributed by atoms with E-state index in [0.29, 0.717) is 17.5 Å². The molecule has 1 aliphatic carbocycles. The summed E-state index contributed by atoms with van der Waals surface area (Å²) in [6, 6.07) is 5.70. The Balaban J connectivity index is 1.95. The normalized spacial score (nSPS) is 16.3. The molecule has 0 unspecified atom stereocenters. The molecule has 0 radical (unpaired) electrons. The molecule has 1 saturated carbocycles. The van der Waals surface area contributed by atoms with Crippen molar-refractivity contribution in [3.05, 3.63) is 28.5 Å². The van der Waals surface area contributed by atoms with Crippen molar-refractivity contribution < 1.29 is 4.52 Å². The van der Waals surface area contributed by atoms with Gasteiger partial charge >= 0.3 is 0 Å². The van der Waals surface area contributed by atoms with Crippen molar-refractivity contribution in [3.8, 4) is 11.5 Å². The molecule has 4 nitrogen and oxygen atoms in total. The highest BCUT2D eigenvalue weighted by Gasteiger charge is 2.23. The van der Waals surface area contributed by atoms with Crippen molar-refractivity contribution >= 4 is 21.6 Å². The highest BCUT2D eigenvalue weighted by molar-refractivity contribution is 9.10. The van der Waals surface area contributed by atoms with Gasteiger partial charge in [0.05, 0.1) is 11.3 Å². The number of benzene rings is 1. The van der Waals surface area contributed by atoms with Crippen molar-refractivity contribution in [2.75, 3.05) is 5.73 Å². The van der Waals surface area contributed by atoms with Crippen molar-refractivity contribution in [2.24, 2.45) is 0 Å². The van der Waals surface area contributed by atoms with Crippen LogP contribution in [0.3, 0.4) is 0 Å². The fourth-order valence-electron chi connectivity index (χ4n) is 2.42. The lowest BCUT2D eigenvalue weighted by atomic mass is 10.1. The van der Waals surface area contributed by atoms with Crippen LogP contribution in [0.15, 0.2) is 27.2 Å². The largest absolute Gasteiger partial charge is 0.397 e. The fourth-order valence-corrected chi connectivity index (χ4v) is 2.78. The number of nitrogens with two attached hydrogens (primary N) is 1. The standard InChI is InChI=1S/C13H14BrN3O/c14-10-7-3-6-9(11(10)15)13-16-12(17-18-13)8-4-1-2-5-8/h3,6-8H,1-2,4-5,15H2. The lowest BCUT2D eigenvalue weighted by Crippen LogP contribution is -1.95. The second-order valence-corrected chi connectivity index (χ2v) is 5.49. The van der Waals surface area contributed by atoms with Gasteiger partial charge in [0.15, 0.2) is 5.82 Å². The SMILES string of the molecule is Nc1c(Br)cccc1-c1nc(C2CCCC2)no1. The molecule has 0 amide bonds. The fraction of sp³-hybridized carbons (Fsp3) is 0.385. The number of anilines is 1. The maximum Gasteiger partial charge on any atom is 0.260 e. The summed E-state index contributed by atoms with van der Waals surface area (Å²) in [5.74, 6) is 1.79. The number of nitrogen functional groups attached to an aromatic ring is 1. The number of nitrogens with zero attached hydrogens (tertiary/aromatic N) is 2. The molecular weight excluding hydrogens is 294 g/mol. The average Bonchev–Trinajstić information content (AvgIpc) is 3.01. The number of hydrogen-bond donors (Lipinski definition) is 1. The van der Waals surface area contributed by atoms with Gasteiger partial charge in [0.1, 0.15) is 0 Å². The lowest BCUT2D eigenvalue weighted by Gasteiger charge is -2.02. The minimum absolute atomic E-state index is 0.455. The van der Waals surface area contributed by atoms with E-state index in [1.54, 1.807) is 0 Å². The van der Waals surface area contributed by atoms with Gasteiger partial charge in [0.2, 0.25) is 0 Å². The summed E-state index contributed by atoms with van der Waals surface area (Å²) in [6.07, 6.45) is 4.83. The van der Waals surface area contributed by atoms with Crippen LogP contribution in [0.5, 0.6) is 0 Å². The van der Waals surface area contributed by atoms with Gasteiger partial charge in [-0.3, -0.25) is 0 Å². The van der Waals surface area contributed by atoms with Crippen molar-refractivity contribution in [2.45, 2.75) is 31.6 Å². The van der Waals surface area contributed by atoms with Gasteiger partial charge in [0.25, 0.3) is 5.89 Å². The van der Waals surface area contributed by atoms with Gasteiger partial charge in [-0.1, -0.05) is 24.1 Å². The molecule has 0 aliphatic heterocycles. The Kier molecular flexibility index (Phi) is 3.07. The highest BCUT2D eigenvalue weighted by Crippen LogP contribution is 2.35. The van der Waals surface area contributed by atoms with Crippen LogP contribution in [0.2, 0.25) is 0 Å². The predicted octanol–water partition coefficient (Wildman–Crippen LogP) is 3.74. The van der Waals surface area contributed by atoms with Crippen LogP contribution in [0.1, 0.15) is 37.4 Å². The maximum atomic E-state index is 6.00. The molecule has 0 saturated heterocycles. The minimum atomic E-state index is 0.455. The number of hydrogen-bond acceptors (Lipinski definition) is 4. The summed E-state index contributed by atoms with van der Waals surface area (Å²) in [7, 11) is 0. The number of para-hydroxylation sites is 1. The van der Waals surface area contributed by atoms with Gasteiger partial charge in [-0.15, -0.1) is 0 Å². The summed E-state index contributed by atoms with van der Waals surface area (Å²) >= 11 is 3.40. The Bertz CT molecular complexity index is 561. The number of halogens is 1. The molecule has 0 bridgehead atoms. The average molecular weight is 308 g/mol. The van der Waals surface area contributed by atoms with E-state index in [0.717, 1.165) is 28.7 Å². The van der Waals surface area contributed by atoms with Gasteiger partial charge < -0.3 is 10.3 Å². The van der Waals surface area contributed by atoms with Crippen LogP contribution in [0.4, 0.5) is 5.69 Å². The van der Waals surface area contributed by atoms with E-state index in [2.05, 4.69) is 26.1 Å². The van der Waals surface area contributed by atoms with E-state index in [1.165, 1.54) is 12.8 Å². The molecule has 94 valence electrons. The first-order chi connectivity index (χ1) is 8.75. The first-order valence-corrected chi connectivity index (χ1v) is 6.93. The zero-order valence-corrected chi connectivity index (χ0v) is 11.5. The zero-order chi connectivity index (χ0) is 12.5. The third-order valence-corrected chi connectivity index (χ3v) is 4.14. The Morgan fingerprint density at radius 1 is 1.28 bits per heavy atom. The predicted molar refractivity (Wildman–Crippen MR) is 73.1 cm³/mol. The molecular formula is C13H14BrN3O. The first-order valence-electron chi connectivity index (χ1n) is 6.13. The third kappa shape index (κ3) is 2.03. The second-order valence-electron chi connectivity index (χ2n) is 4.64. The summed E-state index contributed by atoms with van der Waals surface area (Å²) in [5, 5.41) is 4.09. The molecule has 1 heterocycles. The third-order valence-electron chi connectivity index (χ3n) is 3.45. The Morgan fingerprint density at radius 3 is 2.83 bits per heavy atom. The number of rotatable bonds is 2. The van der Waals surface area contributed by atoms with E-state index in [1.807, 2.05) is 18.2 Å². The van der Waals surface area contributed by atoms with Crippen LogP contribution in [0, 0.1) is 0 Å². The number of aromatic nitrogens is 2. The van der Waals surface area contributed by atoms with E-state index in [9.17, 15) is 0 Å². The summed E-state index contributed by atoms with van der Waals surface area (Å²) in [5.41, 5.74) is 7.43. The molecule has 2 N–H and O–H groups in total. The minimum Gasteiger partial charge on any atom is -0.397 e. The summed E-state index contributed by atoms with van der Waals surface area (Å²) < 4.78 is 6.18.